The zero-order valence-electron chi connectivity index (χ0n) is 11.2. The van der Waals surface area contributed by atoms with E-state index in [0.717, 1.165) is 9.75 Å². The molecule has 1 saturated heterocycles. The summed E-state index contributed by atoms with van der Waals surface area (Å²) < 4.78 is 5.63. The van der Waals surface area contributed by atoms with E-state index >= 15 is 0 Å². The molecule has 2 rings (SSSR count). The van der Waals surface area contributed by atoms with Gasteiger partial charge in [-0.2, -0.15) is 0 Å². The summed E-state index contributed by atoms with van der Waals surface area (Å²) in [6.07, 6.45) is 0.174. The third-order valence-corrected chi connectivity index (χ3v) is 3.83. The third-order valence-electron chi connectivity index (χ3n) is 2.84. The first kappa shape index (κ1) is 14.1. The molecule has 0 radical (unpaired) electrons. The Morgan fingerprint density at radius 2 is 2.16 bits per heavy atom. The number of hydrogen-bond acceptors (Lipinski definition) is 4. The van der Waals surface area contributed by atoms with Gasteiger partial charge in [0.1, 0.15) is 0 Å². The number of carbonyl (C=O) groups is 1. The van der Waals surface area contributed by atoms with Crippen molar-refractivity contribution in [1.29, 1.82) is 0 Å². The van der Waals surface area contributed by atoms with Crippen LogP contribution in [0.25, 0.3) is 0 Å². The third kappa shape index (κ3) is 3.57. The fraction of sp³-hybridized carbons (Fsp3) is 0.500. The SMILES string of the molecule is CC1CN(C(=O)c2ccc(C#CCN)s2)CC(C)O1. The van der Waals surface area contributed by atoms with E-state index in [9.17, 15) is 4.79 Å². The minimum Gasteiger partial charge on any atom is -0.372 e. The molecule has 5 heteroatoms. The number of carbonyl (C=O) groups excluding carboxylic acids is 1. The lowest BCUT2D eigenvalue weighted by atomic mass is 10.2. The number of nitrogens with zero attached hydrogens (tertiary/aromatic N) is 1. The van der Waals surface area contributed by atoms with Crippen molar-refractivity contribution in [2.45, 2.75) is 26.1 Å². The molecule has 0 aromatic carbocycles. The molecule has 2 N–H and O–H groups in total. The summed E-state index contributed by atoms with van der Waals surface area (Å²) in [6, 6.07) is 3.70. The molecule has 1 amide bonds. The fourth-order valence-corrected chi connectivity index (χ4v) is 3.01. The van der Waals surface area contributed by atoms with Crippen molar-refractivity contribution >= 4 is 17.2 Å². The van der Waals surface area contributed by atoms with Gasteiger partial charge >= 0.3 is 0 Å². The molecule has 1 aliphatic heterocycles. The highest BCUT2D eigenvalue weighted by atomic mass is 32.1. The number of thiophene rings is 1. The molecular formula is C14H18N2O2S. The lowest BCUT2D eigenvalue weighted by Crippen LogP contribution is -2.48. The molecule has 2 atom stereocenters. The highest BCUT2D eigenvalue weighted by molar-refractivity contribution is 7.14. The van der Waals surface area contributed by atoms with Gasteiger partial charge in [0.2, 0.25) is 0 Å². The average molecular weight is 278 g/mol. The molecule has 4 nitrogen and oxygen atoms in total. The number of rotatable bonds is 1. The lowest BCUT2D eigenvalue weighted by Gasteiger charge is -2.35. The predicted octanol–water partition coefficient (Wildman–Crippen LogP) is 1.31. The maximum absolute atomic E-state index is 12.4. The van der Waals surface area contributed by atoms with Crippen molar-refractivity contribution in [3.05, 3.63) is 21.9 Å². The molecule has 0 spiro atoms. The highest BCUT2D eigenvalue weighted by Crippen LogP contribution is 2.20. The van der Waals surface area contributed by atoms with Crippen molar-refractivity contribution in [3.63, 3.8) is 0 Å². The van der Waals surface area contributed by atoms with E-state index in [0.29, 0.717) is 19.6 Å². The topological polar surface area (TPSA) is 55.6 Å². The second kappa shape index (κ2) is 6.20. The molecule has 0 bridgehead atoms. The van der Waals surface area contributed by atoms with E-state index in [-0.39, 0.29) is 18.1 Å². The molecule has 2 heterocycles. The molecular weight excluding hydrogens is 260 g/mol. The summed E-state index contributed by atoms with van der Waals surface area (Å²) in [5.74, 6) is 5.80. The first-order valence-electron chi connectivity index (χ1n) is 6.33. The largest absolute Gasteiger partial charge is 0.372 e. The van der Waals surface area contributed by atoms with Gasteiger partial charge in [0.05, 0.1) is 28.5 Å². The Morgan fingerprint density at radius 1 is 1.47 bits per heavy atom. The highest BCUT2D eigenvalue weighted by Gasteiger charge is 2.27. The van der Waals surface area contributed by atoms with Crippen LogP contribution in [-0.4, -0.2) is 42.6 Å². The summed E-state index contributed by atoms with van der Waals surface area (Å²) in [6.45, 7) is 5.60. The standard InChI is InChI=1S/C14H18N2O2S/c1-10-8-16(9-11(2)18-10)14(17)13-6-5-12(19-13)4-3-7-15/h5-6,10-11H,7-9,15H2,1-2H3. The lowest BCUT2D eigenvalue weighted by molar-refractivity contribution is -0.0585. The molecule has 0 saturated carbocycles. The van der Waals surface area contributed by atoms with E-state index in [1.807, 2.05) is 30.9 Å². The van der Waals surface area contributed by atoms with Gasteiger partial charge in [-0.15, -0.1) is 11.3 Å². The summed E-state index contributed by atoms with van der Waals surface area (Å²) >= 11 is 1.42. The molecule has 1 aromatic rings. The number of morpholine rings is 1. The van der Waals surface area contributed by atoms with Crippen LogP contribution in [0.3, 0.4) is 0 Å². The van der Waals surface area contributed by atoms with Gasteiger partial charge < -0.3 is 15.4 Å². The van der Waals surface area contributed by atoms with Crippen LogP contribution in [0.2, 0.25) is 0 Å². The van der Waals surface area contributed by atoms with Crippen LogP contribution in [0.4, 0.5) is 0 Å². The van der Waals surface area contributed by atoms with Crippen molar-refractivity contribution in [3.8, 4) is 11.8 Å². The normalized spacial score (nSPS) is 22.8. The molecule has 102 valence electrons. The first-order valence-corrected chi connectivity index (χ1v) is 7.15. The fourth-order valence-electron chi connectivity index (χ4n) is 2.16. The van der Waals surface area contributed by atoms with Crippen LogP contribution in [0.1, 0.15) is 28.4 Å². The van der Waals surface area contributed by atoms with Crippen molar-refractivity contribution in [1.82, 2.24) is 4.90 Å². The Labute approximate surface area is 117 Å². The number of amides is 1. The Morgan fingerprint density at radius 3 is 2.79 bits per heavy atom. The van der Waals surface area contributed by atoms with Crippen LogP contribution in [0.15, 0.2) is 12.1 Å². The van der Waals surface area contributed by atoms with E-state index in [4.69, 9.17) is 10.5 Å². The summed E-state index contributed by atoms with van der Waals surface area (Å²) in [5.41, 5.74) is 5.33. The number of nitrogens with two attached hydrogens (primary N) is 1. The Balaban J connectivity index is 2.08. The van der Waals surface area contributed by atoms with E-state index in [1.54, 1.807) is 0 Å². The van der Waals surface area contributed by atoms with Gasteiger partial charge in [0.25, 0.3) is 5.91 Å². The minimum absolute atomic E-state index is 0.0628. The summed E-state index contributed by atoms with van der Waals surface area (Å²) in [7, 11) is 0. The first-order chi connectivity index (χ1) is 9.10. The van der Waals surface area contributed by atoms with Gasteiger partial charge in [-0.1, -0.05) is 11.8 Å². The quantitative estimate of drug-likeness (QED) is 0.788. The summed E-state index contributed by atoms with van der Waals surface area (Å²) in [5, 5.41) is 0. The van der Waals surface area contributed by atoms with E-state index in [2.05, 4.69) is 11.8 Å². The maximum Gasteiger partial charge on any atom is 0.264 e. The molecule has 1 aliphatic rings. The Bertz CT molecular complexity index is 505. The number of ether oxygens (including phenoxy) is 1. The van der Waals surface area contributed by atoms with Gasteiger partial charge in [-0.05, 0) is 26.0 Å². The zero-order chi connectivity index (χ0) is 13.8. The van der Waals surface area contributed by atoms with Crippen molar-refractivity contribution in [2.75, 3.05) is 19.6 Å². The predicted molar refractivity (Wildman–Crippen MR) is 76.2 cm³/mol. The molecule has 1 aromatic heterocycles. The smallest absolute Gasteiger partial charge is 0.264 e. The van der Waals surface area contributed by atoms with E-state index in [1.165, 1.54) is 11.3 Å². The summed E-state index contributed by atoms with van der Waals surface area (Å²) in [4.78, 5) is 15.8. The van der Waals surface area contributed by atoms with Crippen LogP contribution in [0.5, 0.6) is 0 Å². The van der Waals surface area contributed by atoms with Crippen LogP contribution in [-0.2, 0) is 4.74 Å². The molecule has 0 aliphatic carbocycles. The Kier molecular flexibility index (Phi) is 4.59. The second-order valence-corrected chi connectivity index (χ2v) is 5.72. The maximum atomic E-state index is 12.4. The molecule has 2 unspecified atom stereocenters. The average Bonchev–Trinajstić information content (AvgIpc) is 2.83. The minimum atomic E-state index is 0.0628. The van der Waals surface area contributed by atoms with Crippen LogP contribution >= 0.6 is 11.3 Å². The Hall–Kier alpha value is -1.35. The second-order valence-electron chi connectivity index (χ2n) is 4.64. The van der Waals surface area contributed by atoms with Gasteiger partial charge in [0.15, 0.2) is 0 Å². The van der Waals surface area contributed by atoms with Gasteiger partial charge in [-0.3, -0.25) is 4.79 Å². The van der Waals surface area contributed by atoms with Crippen LogP contribution < -0.4 is 5.73 Å². The molecule has 19 heavy (non-hydrogen) atoms. The monoisotopic (exact) mass is 278 g/mol. The number of hydrogen-bond donors (Lipinski definition) is 1. The van der Waals surface area contributed by atoms with Crippen LogP contribution in [0, 0.1) is 11.8 Å². The molecule has 1 fully saturated rings. The van der Waals surface area contributed by atoms with Crippen molar-refractivity contribution < 1.29 is 9.53 Å². The van der Waals surface area contributed by atoms with Gasteiger partial charge in [-0.25, -0.2) is 0 Å². The van der Waals surface area contributed by atoms with E-state index < -0.39 is 0 Å². The zero-order valence-corrected chi connectivity index (χ0v) is 12.0. The van der Waals surface area contributed by atoms with Gasteiger partial charge in [0, 0.05) is 13.1 Å². The van der Waals surface area contributed by atoms with Crippen molar-refractivity contribution in [2.24, 2.45) is 5.73 Å².